The minimum Gasteiger partial charge on any atom is -0.459 e. The molecular weight excluding hydrogens is 204 g/mol. The fraction of sp³-hybridized carbons (Fsp3) is 0.500. The molecule has 2 heterocycles. The van der Waals surface area contributed by atoms with Crippen molar-refractivity contribution in [2.45, 2.75) is 38.5 Å². The molecule has 1 fully saturated rings. The van der Waals surface area contributed by atoms with E-state index in [0.717, 1.165) is 11.5 Å². The number of hydrogen-bond donors (Lipinski definition) is 1. The summed E-state index contributed by atoms with van der Waals surface area (Å²) in [5.74, 6) is 1.71. The molecule has 1 aliphatic rings. The van der Waals surface area contributed by atoms with Crippen molar-refractivity contribution in [3.8, 4) is 0 Å². The van der Waals surface area contributed by atoms with Crippen LogP contribution in [0.15, 0.2) is 15.3 Å². The van der Waals surface area contributed by atoms with E-state index in [9.17, 15) is 4.79 Å². The SMILES string of the molecule is CC(C)c1n[nH]c(=O)c2cc(C3CC3)oc12. The van der Waals surface area contributed by atoms with Crippen LogP contribution < -0.4 is 5.56 Å². The quantitative estimate of drug-likeness (QED) is 0.842. The molecule has 1 aliphatic carbocycles. The number of nitrogens with zero attached hydrogens (tertiary/aromatic N) is 1. The summed E-state index contributed by atoms with van der Waals surface area (Å²) in [7, 11) is 0. The monoisotopic (exact) mass is 218 g/mol. The second-order valence-corrected chi connectivity index (χ2v) is 4.76. The molecule has 4 heteroatoms. The van der Waals surface area contributed by atoms with E-state index in [0.29, 0.717) is 16.9 Å². The third-order valence-electron chi connectivity index (χ3n) is 3.03. The first-order valence-electron chi connectivity index (χ1n) is 5.69. The molecule has 3 rings (SSSR count). The maximum atomic E-state index is 11.6. The molecular formula is C12H14N2O2. The first-order chi connectivity index (χ1) is 7.66. The van der Waals surface area contributed by atoms with Gasteiger partial charge in [0.1, 0.15) is 11.5 Å². The van der Waals surface area contributed by atoms with Crippen molar-refractivity contribution in [2.24, 2.45) is 0 Å². The van der Waals surface area contributed by atoms with Crippen LogP contribution in [0.3, 0.4) is 0 Å². The number of aromatic nitrogens is 2. The molecule has 4 nitrogen and oxygen atoms in total. The number of aromatic amines is 1. The molecule has 2 aromatic rings. The number of rotatable bonds is 2. The predicted octanol–water partition coefficient (Wildman–Crippen LogP) is 2.52. The van der Waals surface area contributed by atoms with Crippen molar-refractivity contribution in [2.75, 3.05) is 0 Å². The highest BCUT2D eigenvalue weighted by atomic mass is 16.3. The van der Waals surface area contributed by atoms with Crippen molar-refractivity contribution in [3.63, 3.8) is 0 Å². The second kappa shape index (κ2) is 3.20. The average molecular weight is 218 g/mol. The lowest BCUT2D eigenvalue weighted by atomic mass is 10.1. The Labute approximate surface area is 92.7 Å². The van der Waals surface area contributed by atoms with E-state index in [1.54, 1.807) is 0 Å². The Bertz CT molecular complexity index is 591. The molecule has 84 valence electrons. The highest BCUT2D eigenvalue weighted by Gasteiger charge is 2.28. The van der Waals surface area contributed by atoms with Gasteiger partial charge in [-0.05, 0) is 18.9 Å². The van der Waals surface area contributed by atoms with Crippen LogP contribution in [0.2, 0.25) is 0 Å². The Balaban J connectivity index is 2.29. The van der Waals surface area contributed by atoms with E-state index in [-0.39, 0.29) is 11.5 Å². The van der Waals surface area contributed by atoms with Crippen LogP contribution in [-0.4, -0.2) is 10.2 Å². The molecule has 16 heavy (non-hydrogen) atoms. The van der Waals surface area contributed by atoms with E-state index in [2.05, 4.69) is 10.2 Å². The van der Waals surface area contributed by atoms with Crippen LogP contribution >= 0.6 is 0 Å². The van der Waals surface area contributed by atoms with E-state index in [4.69, 9.17) is 4.42 Å². The van der Waals surface area contributed by atoms with Crippen LogP contribution in [0.25, 0.3) is 11.0 Å². The van der Waals surface area contributed by atoms with Gasteiger partial charge in [0, 0.05) is 11.8 Å². The fourth-order valence-electron chi connectivity index (χ4n) is 1.95. The number of nitrogens with one attached hydrogen (secondary N) is 1. The molecule has 1 N–H and O–H groups in total. The number of H-pyrrole nitrogens is 1. The smallest absolute Gasteiger partial charge is 0.275 e. The molecule has 0 saturated heterocycles. The first kappa shape index (κ1) is 9.63. The summed E-state index contributed by atoms with van der Waals surface area (Å²) in [5.41, 5.74) is 1.34. The fourth-order valence-corrected chi connectivity index (χ4v) is 1.95. The van der Waals surface area contributed by atoms with Crippen molar-refractivity contribution in [3.05, 3.63) is 27.9 Å². The van der Waals surface area contributed by atoms with Gasteiger partial charge in [-0.1, -0.05) is 13.8 Å². The predicted molar refractivity (Wildman–Crippen MR) is 60.7 cm³/mol. The van der Waals surface area contributed by atoms with Gasteiger partial charge < -0.3 is 4.42 Å². The standard InChI is InChI=1S/C12H14N2O2/c1-6(2)10-11-8(12(15)14-13-10)5-9(16-11)7-3-4-7/h5-7H,3-4H2,1-2H3,(H,14,15). The lowest BCUT2D eigenvalue weighted by molar-refractivity contribution is 0.542. The third kappa shape index (κ3) is 1.37. The van der Waals surface area contributed by atoms with Gasteiger partial charge in [0.25, 0.3) is 5.56 Å². The third-order valence-corrected chi connectivity index (χ3v) is 3.03. The van der Waals surface area contributed by atoms with Crippen molar-refractivity contribution in [1.82, 2.24) is 10.2 Å². The largest absolute Gasteiger partial charge is 0.459 e. The normalized spacial score (nSPS) is 16.2. The zero-order valence-electron chi connectivity index (χ0n) is 9.41. The second-order valence-electron chi connectivity index (χ2n) is 4.76. The summed E-state index contributed by atoms with van der Waals surface area (Å²) in [4.78, 5) is 11.6. The minimum atomic E-state index is -0.157. The van der Waals surface area contributed by atoms with Gasteiger partial charge in [-0.25, -0.2) is 5.10 Å². The molecule has 1 saturated carbocycles. The van der Waals surface area contributed by atoms with Gasteiger partial charge in [0.15, 0.2) is 5.58 Å². The van der Waals surface area contributed by atoms with Gasteiger partial charge in [0.2, 0.25) is 0 Å². The summed E-state index contributed by atoms with van der Waals surface area (Å²) in [5, 5.41) is 7.24. The molecule has 0 aromatic carbocycles. The Hall–Kier alpha value is -1.58. The number of furan rings is 1. The zero-order valence-corrected chi connectivity index (χ0v) is 9.41. The van der Waals surface area contributed by atoms with E-state index < -0.39 is 0 Å². The van der Waals surface area contributed by atoms with Crippen molar-refractivity contribution in [1.29, 1.82) is 0 Å². The van der Waals surface area contributed by atoms with Crippen LogP contribution in [0.4, 0.5) is 0 Å². The number of hydrogen-bond acceptors (Lipinski definition) is 3. The van der Waals surface area contributed by atoms with Gasteiger partial charge >= 0.3 is 0 Å². The average Bonchev–Trinajstić information content (AvgIpc) is 2.98. The van der Waals surface area contributed by atoms with Crippen molar-refractivity contribution >= 4 is 11.0 Å². The molecule has 0 radical (unpaired) electrons. The minimum absolute atomic E-state index is 0.157. The summed E-state index contributed by atoms with van der Waals surface area (Å²) in [6.07, 6.45) is 2.34. The van der Waals surface area contributed by atoms with Gasteiger partial charge in [-0.2, -0.15) is 5.10 Å². The highest BCUT2D eigenvalue weighted by molar-refractivity contribution is 5.79. The molecule has 0 aliphatic heterocycles. The Morgan fingerprint density at radius 1 is 1.50 bits per heavy atom. The molecule has 0 spiro atoms. The maximum Gasteiger partial charge on any atom is 0.275 e. The summed E-state index contributed by atoms with van der Waals surface area (Å²) < 4.78 is 5.78. The lowest BCUT2D eigenvalue weighted by Gasteiger charge is -2.02. The van der Waals surface area contributed by atoms with Crippen LogP contribution in [0, 0.1) is 0 Å². The Morgan fingerprint density at radius 3 is 2.88 bits per heavy atom. The molecule has 0 atom stereocenters. The van der Waals surface area contributed by atoms with Gasteiger partial charge in [-0.15, -0.1) is 0 Å². The molecule has 0 bridgehead atoms. The topological polar surface area (TPSA) is 58.9 Å². The summed E-state index contributed by atoms with van der Waals surface area (Å²) >= 11 is 0. The zero-order chi connectivity index (χ0) is 11.3. The lowest BCUT2D eigenvalue weighted by Crippen LogP contribution is -2.10. The van der Waals surface area contributed by atoms with E-state index in [1.165, 1.54) is 12.8 Å². The Kier molecular flexibility index (Phi) is 1.93. The summed E-state index contributed by atoms with van der Waals surface area (Å²) in [6, 6.07) is 1.87. The number of fused-ring (bicyclic) bond motifs is 1. The van der Waals surface area contributed by atoms with Crippen molar-refractivity contribution < 1.29 is 4.42 Å². The van der Waals surface area contributed by atoms with Crippen LogP contribution in [0.5, 0.6) is 0 Å². The van der Waals surface area contributed by atoms with Gasteiger partial charge in [0.05, 0.1) is 5.39 Å². The summed E-state index contributed by atoms with van der Waals surface area (Å²) in [6.45, 7) is 4.08. The highest BCUT2D eigenvalue weighted by Crippen LogP contribution is 2.42. The van der Waals surface area contributed by atoms with Crippen LogP contribution in [0.1, 0.15) is 50.0 Å². The van der Waals surface area contributed by atoms with E-state index in [1.807, 2.05) is 19.9 Å². The molecule has 2 aromatic heterocycles. The first-order valence-corrected chi connectivity index (χ1v) is 5.69. The maximum absolute atomic E-state index is 11.6. The van der Waals surface area contributed by atoms with Gasteiger partial charge in [-0.3, -0.25) is 4.79 Å². The Morgan fingerprint density at radius 2 is 2.25 bits per heavy atom. The van der Waals surface area contributed by atoms with Crippen LogP contribution in [-0.2, 0) is 0 Å². The molecule has 0 unspecified atom stereocenters. The van der Waals surface area contributed by atoms with E-state index >= 15 is 0 Å². The molecule has 0 amide bonds.